The lowest BCUT2D eigenvalue weighted by molar-refractivity contribution is 0.660. The fraction of sp³-hybridized carbons (Fsp3) is 0.125. The number of para-hydroxylation sites is 1. The van der Waals surface area contributed by atoms with Gasteiger partial charge in [-0.2, -0.15) is 0 Å². The summed E-state index contributed by atoms with van der Waals surface area (Å²) in [6.07, 6.45) is 0. The Morgan fingerprint density at radius 2 is 0.576 bits per heavy atom. The predicted octanol–water partition coefficient (Wildman–Crippen LogP) is 38.2. The molecule has 23 unspecified atom stereocenters. The van der Waals surface area contributed by atoms with Crippen LogP contribution in [0.5, 0.6) is 0 Å². The number of hydrogen-bond acceptors (Lipinski definition) is 2. The third-order valence-corrected chi connectivity index (χ3v) is 300. The molecule has 1 heterocycles. The van der Waals surface area contributed by atoms with Gasteiger partial charge in [0.1, 0.15) is 0 Å². The lowest BCUT2D eigenvalue weighted by atomic mass is 9.82. The molecular formula is C48H81NP42S. The van der Waals surface area contributed by atoms with Crippen molar-refractivity contribution in [3.63, 3.8) is 0 Å². The van der Waals surface area contributed by atoms with Gasteiger partial charge in [-0.15, -0.1) is 208 Å². The number of nitrogens with zero attached hydrogens (tertiary/aromatic N) is 1. The zero-order chi connectivity index (χ0) is 67.3. The summed E-state index contributed by atoms with van der Waals surface area (Å²) < 4.78 is 2.65. The van der Waals surface area contributed by atoms with E-state index in [9.17, 15) is 0 Å². The second kappa shape index (κ2) is 40.3. The van der Waals surface area contributed by atoms with Crippen LogP contribution in [-0.4, -0.2) is 0 Å². The van der Waals surface area contributed by atoms with Crippen molar-refractivity contribution in [3.05, 3.63) is 174 Å². The standard InChI is InChI=1S/C48H37NS.H44P42/c1-47(2)36-19-9-5-17-33(36)45-38(47)21-13-24-41(45)49(42-25-14-22-39-46(42)34-18-6-10-20-37(34)48(39,3)4)40-23-11-7-15-31(40)30-27-28-44-35(29-30)32-16-8-12-26-43(32)50-44;1-23(2)34(24(3)4)39(33(21)22)42(40(35(25(5)6)26(7)8)36(27(9)10)28(11)12)41(37(29(13)14)30(15)16)38(31(17)18)32(19)20/h5-29H,1-4H3;1-22H2. The van der Waals surface area contributed by atoms with E-state index >= 15 is 0 Å². The van der Waals surface area contributed by atoms with Crippen LogP contribution in [0.3, 0.4) is 0 Å². The van der Waals surface area contributed by atoms with Crippen LogP contribution < -0.4 is 4.90 Å². The molecule has 1 nitrogen and oxygen atoms in total. The molecule has 0 bridgehead atoms. The van der Waals surface area contributed by atoms with Crippen LogP contribution in [0, 0.1) is 0 Å². The summed E-state index contributed by atoms with van der Waals surface area (Å²) in [5.41, 5.74) is 16.7. The highest BCUT2D eigenvalue weighted by Crippen LogP contribution is 3.43. The maximum absolute atomic E-state index is 3.49. The highest BCUT2D eigenvalue weighted by atomic mass is 33.5. The average molecular weight is 2010 g/mol. The van der Waals surface area contributed by atoms with E-state index in [-0.39, 0.29) is 151 Å². The summed E-state index contributed by atoms with van der Waals surface area (Å²) in [7, 11) is 75.0. The predicted molar refractivity (Wildman–Crippen MR) is 567 cm³/mol. The zero-order valence-corrected chi connectivity index (χ0v) is 94.5. The number of anilines is 3. The molecule has 2 aliphatic carbocycles. The molecule has 44 heteroatoms. The summed E-state index contributed by atoms with van der Waals surface area (Å²) in [5, 5.41) is 2.64. The molecule has 10 rings (SSSR count). The van der Waals surface area contributed by atoms with Crippen LogP contribution in [0.15, 0.2) is 152 Å². The Balaban J connectivity index is 0.000000222. The van der Waals surface area contributed by atoms with Gasteiger partial charge in [-0.1, -0.05) is 143 Å². The topological polar surface area (TPSA) is 3.24 Å². The van der Waals surface area contributed by atoms with E-state index < -0.39 is 0 Å². The molecule has 494 valence electrons. The van der Waals surface area contributed by atoms with Crippen molar-refractivity contribution >= 4 is 385 Å². The Morgan fingerprint density at radius 1 is 0.272 bits per heavy atom. The highest BCUT2D eigenvalue weighted by Gasteiger charge is 2.56. The van der Waals surface area contributed by atoms with Gasteiger partial charge >= 0.3 is 0 Å². The fourth-order valence-corrected chi connectivity index (χ4v) is 598. The summed E-state index contributed by atoms with van der Waals surface area (Å²) in [6, 6.07) is 56.8. The van der Waals surface area contributed by atoms with Gasteiger partial charge in [-0.25, -0.2) is 0 Å². The molecule has 0 saturated carbocycles. The van der Waals surface area contributed by atoms with Crippen molar-refractivity contribution in [2.24, 2.45) is 0 Å². The van der Waals surface area contributed by atoms with Gasteiger partial charge in [0, 0.05) is 47.7 Å². The number of rotatable bonds is 23. The summed E-state index contributed by atoms with van der Waals surface area (Å²) >= 11 is 1.87. The van der Waals surface area contributed by atoms with Crippen molar-refractivity contribution in [2.75, 3.05) is 4.90 Å². The number of thiophene rings is 1. The SMILES string of the molecule is CC1(C)c2ccccc2-c2c(N(c3ccccc3-c3ccc4sc5ccccc5c4c3)c3cccc4c3-c3ccccc3C4(C)C)cccc21.PP(P)P(P(P)P)P(P(P)P)P(P(P(P(P)P)P(P)P)P(P(P)P)P(P)P)P(P(P(P)P)P(P)P)P(P(P)P)P(P)P. The monoisotopic (exact) mass is 2000 g/mol. The Labute approximate surface area is 628 Å². The van der Waals surface area contributed by atoms with Crippen molar-refractivity contribution in [1.82, 2.24) is 0 Å². The second-order valence-electron chi connectivity index (χ2n) is 21.5. The molecule has 23 atom stereocenters. The molecule has 0 aliphatic heterocycles. The minimum Gasteiger partial charge on any atom is -0.309 e. The number of hydrogen-bond donors (Lipinski definition) is 0. The maximum atomic E-state index is 3.49. The molecule has 92 heavy (non-hydrogen) atoms. The minimum absolute atomic E-state index is 0.0542. The first kappa shape index (κ1) is 88.6. The third-order valence-electron chi connectivity index (χ3n) is 15.0. The van der Waals surface area contributed by atoms with E-state index in [1.54, 1.807) is 0 Å². The van der Waals surface area contributed by atoms with Crippen LogP contribution in [0.1, 0.15) is 49.9 Å². The molecule has 0 saturated heterocycles. The van der Waals surface area contributed by atoms with E-state index in [1.165, 1.54) is 92.9 Å². The van der Waals surface area contributed by atoms with Crippen molar-refractivity contribution in [3.8, 4) is 33.4 Å². The van der Waals surface area contributed by atoms with Gasteiger partial charge in [0.2, 0.25) is 0 Å². The zero-order valence-electron chi connectivity index (χ0n) is 50.4. The lowest BCUT2D eigenvalue weighted by Gasteiger charge is -2.56. The Hall–Kier alpha value is 12.6. The van der Waals surface area contributed by atoms with E-state index in [4.69, 9.17) is 0 Å². The largest absolute Gasteiger partial charge is 0.309 e. The molecule has 0 N–H and O–H groups in total. The second-order valence-corrected chi connectivity index (χ2v) is 194. The molecule has 2 aliphatic rings. The molecule has 7 aromatic carbocycles. The summed E-state index contributed by atoms with van der Waals surface area (Å²) in [6.45, 7) is 7.31. The molecule has 8 aromatic rings. The first-order valence-electron chi connectivity index (χ1n) is 27.1. The van der Waals surface area contributed by atoms with Crippen LogP contribution in [-0.2, 0) is 10.8 Å². The van der Waals surface area contributed by atoms with Gasteiger partial charge in [0.15, 0.2) is 0 Å². The van der Waals surface area contributed by atoms with Crippen molar-refractivity contribution < 1.29 is 0 Å². The van der Waals surface area contributed by atoms with Crippen LogP contribution in [0.4, 0.5) is 17.1 Å². The molecule has 0 radical (unpaired) electrons. The van der Waals surface area contributed by atoms with Gasteiger partial charge in [-0.3, -0.25) is 0 Å². The first-order chi connectivity index (χ1) is 43.4. The Kier molecular flexibility index (Phi) is 38.8. The number of benzene rings is 7. The van der Waals surface area contributed by atoms with Crippen LogP contribution in [0.2, 0.25) is 0 Å². The van der Waals surface area contributed by atoms with Gasteiger partial charge in [0.25, 0.3) is 0 Å². The normalized spacial score (nSPS) is 14.9. The highest BCUT2D eigenvalue weighted by molar-refractivity contribution is 9.49. The van der Waals surface area contributed by atoms with Crippen molar-refractivity contribution in [1.29, 1.82) is 0 Å². The molecule has 0 fully saturated rings. The van der Waals surface area contributed by atoms with E-state index in [0.29, 0.717) is 0 Å². The van der Waals surface area contributed by atoms with E-state index in [0.717, 1.165) is 0 Å². The maximum Gasteiger partial charge on any atom is 0.0543 e. The van der Waals surface area contributed by atoms with Crippen LogP contribution in [0.25, 0.3) is 53.6 Å². The molecular weight excluding hydrogens is 1920 g/mol. The fourth-order valence-electron chi connectivity index (χ4n) is 11.5. The summed E-state index contributed by atoms with van der Waals surface area (Å²) in [5.74, 6) is 0. The number of fused-ring (bicyclic) bond motifs is 9. The van der Waals surface area contributed by atoms with E-state index in [1.807, 2.05) is 11.3 Å². The van der Waals surface area contributed by atoms with E-state index in [2.05, 4.69) is 381 Å². The molecule has 1 aromatic heterocycles. The molecule has 0 amide bonds. The quantitative estimate of drug-likeness (QED) is 0.0577. The van der Waals surface area contributed by atoms with Gasteiger partial charge < -0.3 is 4.90 Å². The lowest BCUT2D eigenvalue weighted by Crippen LogP contribution is -2.17. The first-order valence-corrected chi connectivity index (χ1v) is 104. The third kappa shape index (κ3) is 20.1. The van der Waals surface area contributed by atoms with Gasteiger partial charge in [-0.05, 0) is 215 Å². The van der Waals surface area contributed by atoms with Crippen molar-refractivity contribution in [2.45, 2.75) is 38.5 Å². The minimum atomic E-state index is -0.168. The van der Waals surface area contributed by atoms with Crippen LogP contribution >= 0.6 is 348 Å². The average Bonchev–Trinajstić information content (AvgIpc) is 1.51. The summed E-state index contributed by atoms with van der Waals surface area (Å²) in [4.78, 5) is 2.58. The Bertz CT molecular complexity index is 3610. The Morgan fingerprint density at radius 3 is 0.978 bits per heavy atom. The molecule has 0 spiro atoms. The van der Waals surface area contributed by atoms with Gasteiger partial charge in [0.05, 0.1) is 17.1 Å². The smallest absolute Gasteiger partial charge is 0.0543 e.